The van der Waals surface area contributed by atoms with Gasteiger partial charge in [-0.2, -0.15) is 0 Å². The molecule has 0 fully saturated rings. The second-order valence-corrected chi connectivity index (χ2v) is 6.37. The Bertz CT molecular complexity index is 905. The van der Waals surface area contributed by atoms with E-state index in [0.717, 1.165) is 22.6 Å². The van der Waals surface area contributed by atoms with Crippen LogP contribution in [0.3, 0.4) is 0 Å². The van der Waals surface area contributed by atoms with Crippen molar-refractivity contribution in [2.45, 2.75) is 6.92 Å². The van der Waals surface area contributed by atoms with E-state index in [1.807, 2.05) is 49.4 Å². The summed E-state index contributed by atoms with van der Waals surface area (Å²) in [5.41, 5.74) is 7.79. The molecule has 0 aliphatic heterocycles. The van der Waals surface area contributed by atoms with Gasteiger partial charge in [-0.3, -0.25) is 9.59 Å². The minimum atomic E-state index is -0.698. The molecule has 1 aromatic heterocycles. The van der Waals surface area contributed by atoms with Gasteiger partial charge in [0, 0.05) is 11.3 Å². The summed E-state index contributed by atoms with van der Waals surface area (Å²) in [4.78, 5) is 28.2. The lowest BCUT2D eigenvalue weighted by atomic mass is 10.1. The normalized spacial score (nSPS) is 10.3. The summed E-state index contributed by atoms with van der Waals surface area (Å²) < 4.78 is 0. The lowest BCUT2D eigenvalue weighted by molar-refractivity contribution is 0.0997. The number of hydrogen-bond acceptors (Lipinski definition) is 5. The third kappa shape index (κ3) is 4.02. The molecule has 6 nitrogen and oxygen atoms in total. The first kappa shape index (κ1) is 16.7. The summed E-state index contributed by atoms with van der Waals surface area (Å²) in [7, 11) is 0. The quantitative estimate of drug-likeness (QED) is 0.654. The molecule has 0 aliphatic rings. The van der Waals surface area contributed by atoms with Crippen molar-refractivity contribution in [3.05, 3.63) is 71.4 Å². The first-order chi connectivity index (χ1) is 12.0. The number of amides is 2. The maximum atomic E-state index is 12.4. The Morgan fingerprint density at radius 2 is 1.72 bits per heavy atom. The molecule has 4 N–H and O–H groups in total. The van der Waals surface area contributed by atoms with Gasteiger partial charge in [0.15, 0.2) is 10.8 Å². The zero-order chi connectivity index (χ0) is 17.8. The smallest absolute Gasteiger partial charge is 0.270 e. The largest absolute Gasteiger partial charge is 0.364 e. The first-order valence-electron chi connectivity index (χ1n) is 7.53. The fourth-order valence-electron chi connectivity index (χ4n) is 2.15. The molecule has 2 amide bonds. The predicted molar refractivity (Wildman–Crippen MR) is 99.5 cm³/mol. The van der Waals surface area contributed by atoms with Crippen molar-refractivity contribution in [1.29, 1.82) is 0 Å². The van der Waals surface area contributed by atoms with E-state index in [1.165, 1.54) is 0 Å². The molecule has 0 saturated carbocycles. The van der Waals surface area contributed by atoms with Gasteiger partial charge < -0.3 is 16.4 Å². The highest BCUT2D eigenvalue weighted by atomic mass is 32.1. The number of hydrogen-bond donors (Lipinski definition) is 3. The number of nitrogens with one attached hydrogen (secondary N) is 2. The molecule has 0 saturated heterocycles. The molecule has 3 rings (SSSR count). The second-order valence-electron chi connectivity index (χ2n) is 5.37. The van der Waals surface area contributed by atoms with E-state index in [1.54, 1.807) is 12.1 Å². The monoisotopic (exact) mass is 352 g/mol. The van der Waals surface area contributed by atoms with Gasteiger partial charge in [0.2, 0.25) is 0 Å². The molecular weight excluding hydrogens is 336 g/mol. The Labute approximate surface area is 148 Å². The number of carbonyl (C=O) groups excluding carboxylic acids is 2. The van der Waals surface area contributed by atoms with Crippen LogP contribution in [0.25, 0.3) is 0 Å². The molecule has 7 heteroatoms. The van der Waals surface area contributed by atoms with Crippen LogP contribution in [0.4, 0.5) is 15.8 Å². The van der Waals surface area contributed by atoms with Crippen LogP contribution in [-0.2, 0) is 0 Å². The fraction of sp³-hybridized carbons (Fsp3) is 0.0556. The van der Waals surface area contributed by atoms with Crippen LogP contribution in [-0.4, -0.2) is 16.8 Å². The van der Waals surface area contributed by atoms with Gasteiger partial charge in [0.1, 0.15) is 5.00 Å². The summed E-state index contributed by atoms with van der Waals surface area (Å²) in [6.07, 6.45) is 0. The molecule has 1 heterocycles. The average Bonchev–Trinajstić information content (AvgIpc) is 2.99. The third-order valence-corrected chi connectivity index (χ3v) is 4.31. The first-order valence-corrected chi connectivity index (χ1v) is 8.35. The van der Waals surface area contributed by atoms with Gasteiger partial charge in [-0.05, 0) is 31.2 Å². The molecular formula is C18H16N4O2S. The lowest BCUT2D eigenvalue weighted by Gasteiger charge is -2.04. The van der Waals surface area contributed by atoms with E-state index < -0.39 is 5.91 Å². The van der Waals surface area contributed by atoms with Crippen molar-refractivity contribution >= 4 is 39.0 Å². The van der Waals surface area contributed by atoms with Crippen LogP contribution < -0.4 is 16.4 Å². The number of carbonyl (C=O) groups is 2. The maximum Gasteiger partial charge on any atom is 0.270 e. The molecule has 3 aromatic rings. The SMILES string of the molecule is Cc1ccc(C(=O)Nc2sc(Nc3ccccc3)nc2C(N)=O)cc1. The highest BCUT2D eigenvalue weighted by Gasteiger charge is 2.18. The standard InChI is InChI=1S/C18H16N4O2S/c1-11-7-9-12(10-8-11)16(24)22-17-14(15(19)23)21-18(25-17)20-13-5-3-2-4-6-13/h2-10H,1H3,(H2,19,23)(H,20,21)(H,22,24). The van der Waals surface area contributed by atoms with Crippen molar-refractivity contribution in [2.75, 3.05) is 10.6 Å². The van der Waals surface area contributed by atoms with Crippen molar-refractivity contribution < 1.29 is 9.59 Å². The molecule has 2 aromatic carbocycles. The zero-order valence-corrected chi connectivity index (χ0v) is 14.3. The average molecular weight is 352 g/mol. The van der Waals surface area contributed by atoms with Crippen LogP contribution in [0.1, 0.15) is 26.4 Å². The molecule has 0 atom stereocenters. The number of thiazole rings is 1. The van der Waals surface area contributed by atoms with Gasteiger partial charge in [0.25, 0.3) is 11.8 Å². The minimum absolute atomic E-state index is 0.0314. The molecule has 0 aliphatic carbocycles. The van der Waals surface area contributed by atoms with Crippen molar-refractivity contribution in [3.63, 3.8) is 0 Å². The van der Waals surface area contributed by atoms with Crippen LogP contribution in [0.2, 0.25) is 0 Å². The molecule has 0 bridgehead atoms. The van der Waals surface area contributed by atoms with Crippen LogP contribution in [0.15, 0.2) is 54.6 Å². The fourth-order valence-corrected chi connectivity index (χ4v) is 3.04. The van der Waals surface area contributed by atoms with Gasteiger partial charge in [-0.1, -0.05) is 47.2 Å². The van der Waals surface area contributed by atoms with E-state index in [0.29, 0.717) is 15.7 Å². The van der Waals surface area contributed by atoms with E-state index in [-0.39, 0.29) is 11.6 Å². The summed E-state index contributed by atoms with van der Waals surface area (Å²) in [5.74, 6) is -1.02. The highest BCUT2D eigenvalue weighted by molar-refractivity contribution is 7.20. The number of nitrogens with two attached hydrogens (primary N) is 1. The number of aromatic nitrogens is 1. The van der Waals surface area contributed by atoms with E-state index in [9.17, 15) is 9.59 Å². The van der Waals surface area contributed by atoms with E-state index in [2.05, 4.69) is 15.6 Å². The number of benzene rings is 2. The minimum Gasteiger partial charge on any atom is -0.364 e. The maximum absolute atomic E-state index is 12.4. The Balaban J connectivity index is 1.83. The summed E-state index contributed by atoms with van der Waals surface area (Å²) >= 11 is 1.15. The lowest BCUT2D eigenvalue weighted by Crippen LogP contribution is -2.17. The summed E-state index contributed by atoms with van der Waals surface area (Å²) in [6.45, 7) is 1.94. The van der Waals surface area contributed by atoms with Crippen molar-refractivity contribution in [3.8, 4) is 0 Å². The van der Waals surface area contributed by atoms with Gasteiger partial charge in [0.05, 0.1) is 0 Å². The Kier molecular flexibility index (Phi) is 4.76. The van der Waals surface area contributed by atoms with Gasteiger partial charge in [-0.15, -0.1) is 0 Å². The van der Waals surface area contributed by atoms with E-state index >= 15 is 0 Å². The Morgan fingerprint density at radius 1 is 1.04 bits per heavy atom. The molecule has 0 radical (unpaired) electrons. The number of nitrogens with zero attached hydrogens (tertiary/aromatic N) is 1. The van der Waals surface area contributed by atoms with Crippen molar-refractivity contribution in [2.24, 2.45) is 5.73 Å². The topological polar surface area (TPSA) is 97.1 Å². The Hall–Kier alpha value is -3.19. The number of primary amides is 1. The number of rotatable bonds is 5. The number of para-hydroxylation sites is 1. The van der Waals surface area contributed by atoms with Gasteiger partial charge >= 0.3 is 0 Å². The number of aryl methyl sites for hydroxylation is 1. The van der Waals surface area contributed by atoms with Crippen LogP contribution >= 0.6 is 11.3 Å². The summed E-state index contributed by atoms with van der Waals surface area (Å²) in [6, 6.07) is 16.5. The molecule has 0 unspecified atom stereocenters. The third-order valence-electron chi connectivity index (χ3n) is 3.43. The second kappa shape index (κ2) is 7.14. The predicted octanol–water partition coefficient (Wildman–Crippen LogP) is 3.55. The van der Waals surface area contributed by atoms with Crippen molar-refractivity contribution in [1.82, 2.24) is 4.98 Å². The Morgan fingerprint density at radius 3 is 2.36 bits per heavy atom. The molecule has 0 spiro atoms. The number of anilines is 3. The molecule has 25 heavy (non-hydrogen) atoms. The summed E-state index contributed by atoms with van der Waals surface area (Å²) in [5, 5.41) is 6.59. The highest BCUT2D eigenvalue weighted by Crippen LogP contribution is 2.30. The van der Waals surface area contributed by atoms with E-state index in [4.69, 9.17) is 5.73 Å². The molecule has 126 valence electrons. The zero-order valence-electron chi connectivity index (χ0n) is 13.4. The van der Waals surface area contributed by atoms with Gasteiger partial charge in [-0.25, -0.2) is 4.98 Å². The van der Waals surface area contributed by atoms with Crippen LogP contribution in [0.5, 0.6) is 0 Å². The van der Waals surface area contributed by atoms with Crippen LogP contribution in [0, 0.1) is 6.92 Å².